The number of methoxy groups -OCH3 is 1. The fourth-order valence-electron chi connectivity index (χ4n) is 3.26. The number of hydrogen-bond acceptors (Lipinski definition) is 3. The molecule has 1 fully saturated rings. The number of anilines is 1. The zero-order valence-electron chi connectivity index (χ0n) is 15.1. The molecule has 0 atom stereocenters. The number of carbonyl (C=O) groups excluding carboxylic acids is 1. The van der Waals surface area contributed by atoms with Crippen LogP contribution in [0.5, 0.6) is 5.75 Å². The van der Waals surface area contributed by atoms with Crippen molar-refractivity contribution in [2.24, 2.45) is 0 Å². The van der Waals surface area contributed by atoms with Gasteiger partial charge in [0, 0.05) is 37.9 Å². The average Bonchev–Trinajstić information content (AvgIpc) is 2.68. The Morgan fingerprint density at radius 1 is 1.00 bits per heavy atom. The van der Waals surface area contributed by atoms with E-state index < -0.39 is 0 Å². The molecule has 0 N–H and O–H groups in total. The highest BCUT2D eigenvalue weighted by molar-refractivity contribution is 5.94. The van der Waals surface area contributed by atoms with Gasteiger partial charge in [-0.15, -0.1) is 0 Å². The van der Waals surface area contributed by atoms with Crippen molar-refractivity contribution in [3.8, 4) is 5.75 Å². The van der Waals surface area contributed by atoms with Crippen molar-refractivity contribution in [3.05, 3.63) is 59.7 Å². The first-order valence-electron chi connectivity index (χ1n) is 8.91. The zero-order chi connectivity index (χ0) is 17.6. The lowest BCUT2D eigenvalue weighted by Gasteiger charge is -2.29. The van der Waals surface area contributed by atoms with E-state index in [1.807, 2.05) is 19.2 Å². The monoisotopic (exact) mass is 338 g/mol. The highest BCUT2D eigenvalue weighted by atomic mass is 16.5. The molecule has 0 aromatic heterocycles. The first kappa shape index (κ1) is 17.3. The normalized spacial score (nSPS) is 14.2. The van der Waals surface area contributed by atoms with E-state index in [1.165, 1.54) is 24.9 Å². The minimum absolute atomic E-state index is 0.0164. The van der Waals surface area contributed by atoms with Crippen LogP contribution in [0.1, 0.15) is 35.2 Å². The number of benzene rings is 2. The van der Waals surface area contributed by atoms with Gasteiger partial charge in [0.2, 0.25) is 0 Å². The predicted molar refractivity (Wildman–Crippen MR) is 101 cm³/mol. The topological polar surface area (TPSA) is 32.8 Å². The minimum Gasteiger partial charge on any atom is -0.497 e. The van der Waals surface area contributed by atoms with Crippen LogP contribution in [-0.4, -0.2) is 38.1 Å². The van der Waals surface area contributed by atoms with E-state index in [4.69, 9.17) is 4.74 Å². The summed E-state index contributed by atoms with van der Waals surface area (Å²) in [6, 6.07) is 15.8. The van der Waals surface area contributed by atoms with Crippen LogP contribution in [0.4, 0.5) is 5.69 Å². The summed E-state index contributed by atoms with van der Waals surface area (Å²) in [6.45, 7) is 2.90. The van der Waals surface area contributed by atoms with Crippen LogP contribution in [0.2, 0.25) is 0 Å². The van der Waals surface area contributed by atoms with Crippen LogP contribution >= 0.6 is 0 Å². The fraction of sp³-hybridized carbons (Fsp3) is 0.381. The fourth-order valence-corrected chi connectivity index (χ4v) is 3.26. The third-order valence-corrected chi connectivity index (χ3v) is 4.76. The standard InChI is InChI=1S/C21H26N2O2/c1-22(21(24)18-8-12-20(25-2)13-9-18)16-17-6-10-19(11-7-17)23-14-4-3-5-15-23/h6-13H,3-5,14-16H2,1-2H3. The Labute approximate surface area is 150 Å². The molecule has 4 heteroatoms. The van der Waals surface area contributed by atoms with E-state index in [0.29, 0.717) is 12.1 Å². The van der Waals surface area contributed by atoms with E-state index in [0.717, 1.165) is 24.4 Å². The third-order valence-electron chi connectivity index (χ3n) is 4.76. The molecule has 132 valence electrons. The molecule has 25 heavy (non-hydrogen) atoms. The quantitative estimate of drug-likeness (QED) is 0.827. The van der Waals surface area contributed by atoms with Crippen molar-refractivity contribution in [1.82, 2.24) is 4.90 Å². The molecule has 0 spiro atoms. The summed E-state index contributed by atoms with van der Waals surface area (Å²) >= 11 is 0. The van der Waals surface area contributed by atoms with Crippen LogP contribution in [-0.2, 0) is 6.54 Å². The Kier molecular flexibility index (Phi) is 5.59. The summed E-state index contributed by atoms with van der Waals surface area (Å²) in [4.78, 5) is 16.7. The predicted octanol–water partition coefficient (Wildman–Crippen LogP) is 3.96. The first-order valence-corrected chi connectivity index (χ1v) is 8.91. The van der Waals surface area contributed by atoms with Crippen molar-refractivity contribution >= 4 is 11.6 Å². The highest BCUT2D eigenvalue weighted by Gasteiger charge is 2.13. The van der Waals surface area contributed by atoms with Crippen molar-refractivity contribution < 1.29 is 9.53 Å². The summed E-state index contributed by atoms with van der Waals surface area (Å²) < 4.78 is 5.14. The number of carbonyl (C=O) groups is 1. The number of rotatable bonds is 5. The van der Waals surface area contributed by atoms with Gasteiger partial charge < -0.3 is 14.5 Å². The Bertz CT molecular complexity index is 689. The van der Waals surface area contributed by atoms with E-state index in [-0.39, 0.29) is 5.91 Å². The van der Waals surface area contributed by atoms with E-state index >= 15 is 0 Å². The SMILES string of the molecule is COc1ccc(C(=O)N(C)Cc2ccc(N3CCCCC3)cc2)cc1. The van der Waals surface area contributed by atoms with Gasteiger partial charge in [-0.1, -0.05) is 12.1 Å². The summed E-state index contributed by atoms with van der Waals surface area (Å²) in [5, 5.41) is 0. The maximum Gasteiger partial charge on any atom is 0.253 e. The van der Waals surface area contributed by atoms with Gasteiger partial charge in [-0.3, -0.25) is 4.79 Å². The van der Waals surface area contributed by atoms with Crippen LogP contribution in [0, 0.1) is 0 Å². The average molecular weight is 338 g/mol. The van der Waals surface area contributed by atoms with Gasteiger partial charge in [-0.25, -0.2) is 0 Å². The molecule has 0 saturated carbocycles. The lowest BCUT2D eigenvalue weighted by molar-refractivity contribution is 0.0785. The van der Waals surface area contributed by atoms with E-state index in [1.54, 1.807) is 24.1 Å². The Morgan fingerprint density at radius 3 is 2.24 bits per heavy atom. The van der Waals surface area contributed by atoms with Gasteiger partial charge >= 0.3 is 0 Å². The molecule has 2 aromatic carbocycles. The molecule has 1 aliphatic rings. The Balaban J connectivity index is 1.61. The van der Waals surface area contributed by atoms with Gasteiger partial charge in [0.1, 0.15) is 5.75 Å². The molecule has 0 unspecified atom stereocenters. The number of nitrogens with zero attached hydrogens (tertiary/aromatic N) is 2. The van der Waals surface area contributed by atoms with E-state index in [9.17, 15) is 4.79 Å². The van der Waals surface area contributed by atoms with Gasteiger partial charge in [-0.05, 0) is 61.2 Å². The van der Waals surface area contributed by atoms with Crippen LogP contribution in [0.3, 0.4) is 0 Å². The Hall–Kier alpha value is -2.49. The molecule has 1 aliphatic heterocycles. The number of ether oxygens (including phenoxy) is 1. The van der Waals surface area contributed by atoms with Crippen molar-refractivity contribution in [2.75, 3.05) is 32.1 Å². The molecular formula is C21H26N2O2. The zero-order valence-corrected chi connectivity index (χ0v) is 15.1. The second-order valence-corrected chi connectivity index (χ2v) is 6.60. The molecule has 0 aliphatic carbocycles. The second-order valence-electron chi connectivity index (χ2n) is 6.60. The molecular weight excluding hydrogens is 312 g/mol. The number of hydrogen-bond donors (Lipinski definition) is 0. The summed E-state index contributed by atoms with van der Waals surface area (Å²) in [6.07, 6.45) is 3.90. The van der Waals surface area contributed by atoms with Gasteiger partial charge in [-0.2, -0.15) is 0 Å². The van der Waals surface area contributed by atoms with Crippen LogP contribution in [0.25, 0.3) is 0 Å². The third kappa shape index (κ3) is 4.32. The summed E-state index contributed by atoms with van der Waals surface area (Å²) in [5.74, 6) is 0.773. The highest BCUT2D eigenvalue weighted by Crippen LogP contribution is 2.21. The molecule has 4 nitrogen and oxygen atoms in total. The van der Waals surface area contributed by atoms with Crippen LogP contribution in [0.15, 0.2) is 48.5 Å². The number of amides is 1. The lowest BCUT2D eigenvalue weighted by atomic mass is 10.1. The number of piperidine rings is 1. The molecule has 2 aromatic rings. The molecule has 3 rings (SSSR count). The second kappa shape index (κ2) is 8.06. The lowest BCUT2D eigenvalue weighted by Crippen LogP contribution is -2.29. The van der Waals surface area contributed by atoms with Gasteiger partial charge in [0.05, 0.1) is 7.11 Å². The van der Waals surface area contributed by atoms with Gasteiger partial charge in [0.15, 0.2) is 0 Å². The van der Waals surface area contributed by atoms with Crippen molar-refractivity contribution in [2.45, 2.75) is 25.8 Å². The Morgan fingerprint density at radius 2 is 1.64 bits per heavy atom. The minimum atomic E-state index is 0.0164. The van der Waals surface area contributed by atoms with E-state index in [2.05, 4.69) is 29.2 Å². The van der Waals surface area contributed by atoms with Crippen molar-refractivity contribution in [3.63, 3.8) is 0 Å². The van der Waals surface area contributed by atoms with Crippen LogP contribution < -0.4 is 9.64 Å². The largest absolute Gasteiger partial charge is 0.497 e. The smallest absolute Gasteiger partial charge is 0.253 e. The maximum absolute atomic E-state index is 12.5. The molecule has 0 radical (unpaired) electrons. The van der Waals surface area contributed by atoms with Gasteiger partial charge in [0.25, 0.3) is 5.91 Å². The maximum atomic E-state index is 12.5. The molecule has 0 bridgehead atoms. The summed E-state index contributed by atoms with van der Waals surface area (Å²) in [7, 11) is 3.46. The first-order chi connectivity index (χ1) is 12.2. The molecule has 1 amide bonds. The summed E-state index contributed by atoms with van der Waals surface area (Å²) in [5.41, 5.74) is 3.10. The molecule has 1 heterocycles. The van der Waals surface area contributed by atoms with Crippen molar-refractivity contribution in [1.29, 1.82) is 0 Å². The molecule has 1 saturated heterocycles.